The minimum Gasteiger partial charge on any atom is -0.396 e. The largest absolute Gasteiger partial charge is 0.396 e. The summed E-state index contributed by atoms with van der Waals surface area (Å²) in [6.45, 7) is 5.88. The second-order valence-electron chi connectivity index (χ2n) is 4.38. The lowest BCUT2D eigenvalue weighted by molar-refractivity contribution is -0.380. The summed E-state index contributed by atoms with van der Waals surface area (Å²) in [6, 6.07) is 9.91. The van der Waals surface area contributed by atoms with Crippen LogP contribution in [-0.2, 0) is 15.4 Å². The highest BCUT2D eigenvalue weighted by atomic mass is 17.2. The van der Waals surface area contributed by atoms with E-state index in [0.717, 1.165) is 5.56 Å². The van der Waals surface area contributed by atoms with Crippen molar-refractivity contribution >= 4 is 0 Å². The Balaban J connectivity index is 2.52. The molecule has 0 saturated heterocycles. The lowest BCUT2D eigenvalue weighted by Gasteiger charge is -2.25. The van der Waals surface area contributed by atoms with Gasteiger partial charge in [0.15, 0.2) is 0 Å². The quantitative estimate of drug-likeness (QED) is 0.596. The molecule has 0 spiro atoms. The SMILES string of the molecule is C[C@H](CCO)OOC(C)(C)c1ccccc1. The number of hydrogen-bond acceptors (Lipinski definition) is 3. The Morgan fingerprint density at radius 3 is 2.44 bits per heavy atom. The van der Waals surface area contributed by atoms with Crippen LogP contribution in [-0.4, -0.2) is 17.8 Å². The van der Waals surface area contributed by atoms with Crippen molar-refractivity contribution in [3.8, 4) is 0 Å². The van der Waals surface area contributed by atoms with Crippen LogP contribution < -0.4 is 0 Å². The predicted octanol–water partition coefficient (Wildman–Crippen LogP) is 2.64. The minimum atomic E-state index is -0.481. The summed E-state index contributed by atoms with van der Waals surface area (Å²) in [4.78, 5) is 10.7. The molecular weight excluding hydrogens is 204 g/mol. The Morgan fingerprint density at radius 2 is 1.88 bits per heavy atom. The molecule has 0 saturated carbocycles. The zero-order valence-electron chi connectivity index (χ0n) is 10.1. The molecule has 0 bridgehead atoms. The molecular formula is C13H20O3. The molecule has 0 aliphatic rings. The maximum absolute atomic E-state index is 8.75. The average Bonchev–Trinajstić information content (AvgIpc) is 2.28. The number of aliphatic hydroxyl groups is 1. The second kappa shape index (κ2) is 5.99. The Kier molecular flexibility index (Phi) is 4.93. The van der Waals surface area contributed by atoms with Gasteiger partial charge in [-0.15, -0.1) is 0 Å². The Morgan fingerprint density at radius 1 is 1.25 bits per heavy atom. The van der Waals surface area contributed by atoms with Crippen LogP contribution in [0.1, 0.15) is 32.8 Å². The molecule has 0 aromatic heterocycles. The summed E-state index contributed by atoms with van der Waals surface area (Å²) >= 11 is 0. The first-order valence-corrected chi connectivity index (χ1v) is 5.57. The van der Waals surface area contributed by atoms with Crippen LogP contribution in [0.4, 0.5) is 0 Å². The lowest BCUT2D eigenvalue weighted by Crippen LogP contribution is -2.25. The van der Waals surface area contributed by atoms with Crippen molar-refractivity contribution in [3.63, 3.8) is 0 Å². The van der Waals surface area contributed by atoms with E-state index in [0.29, 0.717) is 6.42 Å². The molecule has 1 atom stereocenters. The fourth-order valence-electron chi connectivity index (χ4n) is 1.32. The summed E-state index contributed by atoms with van der Waals surface area (Å²) < 4.78 is 0. The predicted molar refractivity (Wildman–Crippen MR) is 62.8 cm³/mol. The monoisotopic (exact) mass is 224 g/mol. The van der Waals surface area contributed by atoms with Gasteiger partial charge in [-0.05, 0) is 32.8 Å². The molecule has 1 rings (SSSR count). The van der Waals surface area contributed by atoms with Gasteiger partial charge in [0.05, 0.1) is 6.10 Å². The Hall–Kier alpha value is -0.900. The molecule has 0 aliphatic carbocycles. The summed E-state index contributed by atoms with van der Waals surface area (Å²) in [7, 11) is 0. The number of aliphatic hydroxyl groups excluding tert-OH is 1. The van der Waals surface area contributed by atoms with Crippen LogP contribution in [0.2, 0.25) is 0 Å². The van der Waals surface area contributed by atoms with E-state index < -0.39 is 5.60 Å². The first-order chi connectivity index (χ1) is 7.56. The van der Waals surface area contributed by atoms with Crippen LogP contribution in [0.3, 0.4) is 0 Å². The normalized spacial score (nSPS) is 13.8. The van der Waals surface area contributed by atoms with E-state index in [-0.39, 0.29) is 12.7 Å². The van der Waals surface area contributed by atoms with Gasteiger partial charge in [-0.25, -0.2) is 9.78 Å². The van der Waals surface area contributed by atoms with Crippen molar-refractivity contribution in [1.82, 2.24) is 0 Å². The number of benzene rings is 1. The summed E-state index contributed by atoms with van der Waals surface area (Å²) in [5.74, 6) is 0. The number of hydrogen-bond donors (Lipinski definition) is 1. The van der Waals surface area contributed by atoms with Crippen LogP contribution in [0.25, 0.3) is 0 Å². The molecule has 0 radical (unpaired) electrons. The van der Waals surface area contributed by atoms with Crippen LogP contribution in [0.5, 0.6) is 0 Å². The zero-order chi connectivity index (χ0) is 12.0. The topological polar surface area (TPSA) is 38.7 Å². The van der Waals surface area contributed by atoms with Crippen molar-refractivity contribution in [2.24, 2.45) is 0 Å². The molecule has 3 nitrogen and oxygen atoms in total. The summed E-state index contributed by atoms with van der Waals surface area (Å²) in [5.41, 5.74) is 0.580. The van der Waals surface area contributed by atoms with Gasteiger partial charge >= 0.3 is 0 Å². The van der Waals surface area contributed by atoms with Gasteiger partial charge in [-0.1, -0.05) is 30.3 Å². The highest BCUT2D eigenvalue weighted by Crippen LogP contribution is 2.25. The third-order valence-electron chi connectivity index (χ3n) is 2.43. The first kappa shape index (κ1) is 13.2. The molecule has 0 unspecified atom stereocenters. The molecule has 0 fully saturated rings. The number of rotatable bonds is 6. The summed E-state index contributed by atoms with van der Waals surface area (Å²) in [5, 5.41) is 8.75. The minimum absolute atomic E-state index is 0.104. The smallest absolute Gasteiger partial charge is 0.123 e. The van der Waals surface area contributed by atoms with Crippen LogP contribution in [0.15, 0.2) is 30.3 Å². The van der Waals surface area contributed by atoms with Gasteiger partial charge in [-0.2, -0.15) is 0 Å². The fraction of sp³-hybridized carbons (Fsp3) is 0.538. The molecule has 1 aromatic carbocycles. The maximum atomic E-state index is 8.75. The fourth-order valence-corrected chi connectivity index (χ4v) is 1.32. The van der Waals surface area contributed by atoms with Crippen LogP contribution in [0, 0.1) is 0 Å². The molecule has 90 valence electrons. The van der Waals surface area contributed by atoms with E-state index in [4.69, 9.17) is 14.9 Å². The van der Waals surface area contributed by atoms with Crippen molar-refractivity contribution in [2.45, 2.75) is 38.9 Å². The van der Waals surface area contributed by atoms with E-state index in [1.54, 1.807) is 0 Å². The zero-order valence-corrected chi connectivity index (χ0v) is 10.1. The van der Waals surface area contributed by atoms with Gasteiger partial charge in [0.2, 0.25) is 0 Å². The Labute approximate surface area is 96.9 Å². The van der Waals surface area contributed by atoms with E-state index >= 15 is 0 Å². The van der Waals surface area contributed by atoms with Gasteiger partial charge in [0, 0.05) is 6.61 Å². The first-order valence-electron chi connectivity index (χ1n) is 5.57. The maximum Gasteiger partial charge on any atom is 0.123 e. The summed E-state index contributed by atoms with van der Waals surface area (Å²) in [6.07, 6.45) is 0.471. The molecule has 0 aliphatic heterocycles. The molecule has 16 heavy (non-hydrogen) atoms. The average molecular weight is 224 g/mol. The Bertz CT molecular complexity index is 295. The third kappa shape index (κ3) is 3.93. The van der Waals surface area contributed by atoms with Crippen molar-refractivity contribution in [1.29, 1.82) is 0 Å². The highest BCUT2D eigenvalue weighted by molar-refractivity contribution is 5.20. The van der Waals surface area contributed by atoms with Gasteiger partial charge in [-0.3, -0.25) is 0 Å². The second-order valence-corrected chi connectivity index (χ2v) is 4.38. The van der Waals surface area contributed by atoms with Crippen molar-refractivity contribution < 1.29 is 14.9 Å². The highest BCUT2D eigenvalue weighted by Gasteiger charge is 2.23. The van der Waals surface area contributed by atoms with Crippen molar-refractivity contribution in [3.05, 3.63) is 35.9 Å². The van der Waals surface area contributed by atoms with Crippen molar-refractivity contribution in [2.75, 3.05) is 6.61 Å². The molecule has 0 amide bonds. The van der Waals surface area contributed by atoms with E-state index in [9.17, 15) is 0 Å². The molecule has 3 heteroatoms. The van der Waals surface area contributed by atoms with E-state index in [2.05, 4.69) is 0 Å². The molecule has 0 heterocycles. The van der Waals surface area contributed by atoms with E-state index in [1.165, 1.54) is 0 Å². The van der Waals surface area contributed by atoms with Crippen LogP contribution >= 0.6 is 0 Å². The van der Waals surface area contributed by atoms with Gasteiger partial charge < -0.3 is 5.11 Å². The third-order valence-corrected chi connectivity index (χ3v) is 2.43. The molecule has 1 aromatic rings. The van der Waals surface area contributed by atoms with Gasteiger partial charge in [0.1, 0.15) is 5.60 Å². The molecule has 1 N–H and O–H groups in total. The van der Waals surface area contributed by atoms with E-state index in [1.807, 2.05) is 51.1 Å². The standard InChI is InChI=1S/C13H20O3/c1-11(9-10-14)15-16-13(2,3)12-7-5-4-6-8-12/h4-8,11,14H,9-10H2,1-3H3/t11-/m1/s1. The van der Waals surface area contributed by atoms with Gasteiger partial charge in [0.25, 0.3) is 0 Å². The lowest BCUT2D eigenvalue weighted by atomic mass is 9.99.